The lowest BCUT2D eigenvalue weighted by molar-refractivity contribution is -0.120. The smallest absolute Gasteiger partial charge is 0.233 e. The van der Waals surface area contributed by atoms with E-state index in [0.29, 0.717) is 12.6 Å². The summed E-state index contributed by atoms with van der Waals surface area (Å²) in [5.41, 5.74) is 0. The Hall–Kier alpha value is -0.320. The highest BCUT2D eigenvalue weighted by atomic mass is 35.5. The molecule has 0 aliphatic heterocycles. The molecule has 0 spiro atoms. The van der Waals surface area contributed by atoms with Gasteiger partial charge in [-0.1, -0.05) is 12.8 Å². The predicted molar refractivity (Wildman–Crippen MR) is 78.7 cm³/mol. The van der Waals surface area contributed by atoms with Crippen molar-refractivity contribution in [2.24, 2.45) is 5.92 Å². The predicted octanol–water partition coefficient (Wildman–Crippen LogP) is 1.87. The maximum Gasteiger partial charge on any atom is 0.233 e. The minimum atomic E-state index is 0. The standard InChI is InChI=1S/C14H26N2O2.ClH/c17-14(11-15-10-12-6-7-12)16-8-3-9-18-13-4-1-2-5-13;/h12-13,15H,1-11H2,(H,16,17);1H. The van der Waals surface area contributed by atoms with Gasteiger partial charge in [-0.3, -0.25) is 4.79 Å². The summed E-state index contributed by atoms with van der Waals surface area (Å²) in [5.74, 6) is 0.939. The summed E-state index contributed by atoms with van der Waals surface area (Å²) in [4.78, 5) is 11.4. The summed E-state index contributed by atoms with van der Waals surface area (Å²) in [6, 6.07) is 0. The second kappa shape index (κ2) is 9.56. The van der Waals surface area contributed by atoms with Gasteiger partial charge in [-0.25, -0.2) is 0 Å². The Morgan fingerprint density at radius 2 is 1.89 bits per heavy atom. The lowest BCUT2D eigenvalue weighted by Crippen LogP contribution is -2.35. The number of carbonyl (C=O) groups is 1. The molecule has 2 aliphatic rings. The molecule has 0 radical (unpaired) electrons. The molecule has 0 saturated heterocycles. The van der Waals surface area contributed by atoms with E-state index in [4.69, 9.17) is 4.74 Å². The van der Waals surface area contributed by atoms with E-state index in [9.17, 15) is 4.79 Å². The maximum absolute atomic E-state index is 11.4. The first kappa shape index (κ1) is 16.7. The molecule has 0 aromatic carbocycles. The van der Waals surface area contributed by atoms with Crippen molar-refractivity contribution in [2.75, 3.05) is 26.2 Å². The van der Waals surface area contributed by atoms with E-state index >= 15 is 0 Å². The van der Waals surface area contributed by atoms with Crippen LogP contribution in [-0.4, -0.2) is 38.3 Å². The van der Waals surface area contributed by atoms with Gasteiger partial charge in [0.1, 0.15) is 0 Å². The first-order valence-electron chi connectivity index (χ1n) is 7.43. The number of rotatable bonds is 9. The van der Waals surface area contributed by atoms with Gasteiger partial charge < -0.3 is 15.4 Å². The molecular weight excluding hydrogens is 264 g/mol. The third-order valence-electron chi connectivity index (χ3n) is 3.71. The van der Waals surface area contributed by atoms with Crippen LogP contribution in [0.5, 0.6) is 0 Å². The molecule has 2 saturated carbocycles. The van der Waals surface area contributed by atoms with Crippen molar-refractivity contribution < 1.29 is 9.53 Å². The minimum absolute atomic E-state index is 0. The third-order valence-corrected chi connectivity index (χ3v) is 3.71. The van der Waals surface area contributed by atoms with Crippen molar-refractivity contribution in [3.63, 3.8) is 0 Å². The number of hydrogen-bond acceptors (Lipinski definition) is 3. The number of ether oxygens (including phenoxy) is 1. The van der Waals surface area contributed by atoms with E-state index in [0.717, 1.165) is 32.0 Å². The van der Waals surface area contributed by atoms with E-state index in [1.807, 2.05) is 0 Å². The summed E-state index contributed by atoms with van der Waals surface area (Å²) < 4.78 is 5.74. The van der Waals surface area contributed by atoms with Crippen LogP contribution in [-0.2, 0) is 9.53 Å². The van der Waals surface area contributed by atoms with Crippen molar-refractivity contribution in [1.82, 2.24) is 10.6 Å². The SMILES string of the molecule is Cl.O=C(CNCC1CC1)NCCCOC1CCCC1. The van der Waals surface area contributed by atoms with Gasteiger partial charge in [0.15, 0.2) is 0 Å². The lowest BCUT2D eigenvalue weighted by atomic mass is 10.3. The number of hydrogen-bond donors (Lipinski definition) is 2. The lowest BCUT2D eigenvalue weighted by Gasteiger charge is -2.11. The zero-order valence-corrected chi connectivity index (χ0v) is 12.5. The van der Waals surface area contributed by atoms with E-state index < -0.39 is 0 Å². The molecule has 0 heterocycles. The number of carbonyl (C=O) groups excluding carboxylic acids is 1. The second-order valence-electron chi connectivity index (χ2n) is 5.56. The van der Waals surface area contributed by atoms with Crippen LogP contribution >= 0.6 is 12.4 Å². The van der Waals surface area contributed by atoms with Crippen LogP contribution in [0.3, 0.4) is 0 Å². The summed E-state index contributed by atoms with van der Waals surface area (Å²) in [7, 11) is 0. The monoisotopic (exact) mass is 290 g/mol. The topological polar surface area (TPSA) is 50.4 Å². The van der Waals surface area contributed by atoms with E-state index in [1.54, 1.807) is 0 Å². The summed E-state index contributed by atoms with van der Waals surface area (Å²) in [6.45, 7) is 2.97. The van der Waals surface area contributed by atoms with E-state index in [1.165, 1.54) is 38.5 Å². The Morgan fingerprint density at radius 3 is 2.58 bits per heavy atom. The Labute approximate surface area is 122 Å². The van der Waals surface area contributed by atoms with Crippen LogP contribution in [0.1, 0.15) is 44.9 Å². The van der Waals surface area contributed by atoms with Crippen molar-refractivity contribution in [1.29, 1.82) is 0 Å². The largest absolute Gasteiger partial charge is 0.378 e. The molecule has 4 nitrogen and oxygen atoms in total. The molecule has 0 atom stereocenters. The fourth-order valence-electron chi connectivity index (χ4n) is 2.38. The van der Waals surface area contributed by atoms with E-state index in [2.05, 4.69) is 10.6 Å². The van der Waals surface area contributed by atoms with Crippen LogP contribution in [0.15, 0.2) is 0 Å². The molecule has 2 N–H and O–H groups in total. The van der Waals surface area contributed by atoms with Crippen molar-refractivity contribution in [2.45, 2.75) is 51.0 Å². The van der Waals surface area contributed by atoms with Gasteiger partial charge in [0.2, 0.25) is 5.91 Å². The summed E-state index contributed by atoms with van der Waals surface area (Å²) >= 11 is 0. The van der Waals surface area contributed by atoms with Crippen molar-refractivity contribution in [3.05, 3.63) is 0 Å². The van der Waals surface area contributed by atoms with Crippen LogP contribution in [0.4, 0.5) is 0 Å². The molecule has 112 valence electrons. The Morgan fingerprint density at radius 1 is 1.16 bits per heavy atom. The van der Waals surface area contributed by atoms with Crippen LogP contribution in [0.25, 0.3) is 0 Å². The third kappa shape index (κ3) is 7.75. The fourth-order valence-corrected chi connectivity index (χ4v) is 2.38. The average molecular weight is 291 g/mol. The average Bonchev–Trinajstić information content (AvgIpc) is 3.03. The number of amides is 1. The van der Waals surface area contributed by atoms with Gasteiger partial charge in [-0.05, 0) is 44.6 Å². The molecular formula is C14H27ClN2O2. The van der Waals surface area contributed by atoms with Gasteiger partial charge in [0, 0.05) is 13.2 Å². The molecule has 0 unspecified atom stereocenters. The molecule has 0 bridgehead atoms. The molecule has 0 aromatic heterocycles. The van der Waals surface area contributed by atoms with Gasteiger partial charge in [-0.2, -0.15) is 0 Å². The molecule has 5 heteroatoms. The minimum Gasteiger partial charge on any atom is -0.378 e. The first-order valence-corrected chi connectivity index (χ1v) is 7.43. The Bertz CT molecular complexity index is 254. The summed E-state index contributed by atoms with van der Waals surface area (Å²) in [5, 5.41) is 6.11. The molecule has 2 aliphatic carbocycles. The molecule has 2 rings (SSSR count). The fraction of sp³-hybridized carbons (Fsp3) is 0.929. The normalized spacial score (nSPS) is 19.2. The van der Waals surface area contributed by atoms with Gasteiger partial charge in [-0.15, -0.1) is 12.4 Å². The molecule has 2 fully saturated rings. The quantitative estimate of drug-likeness (QED) is 0.638. The highest BCUT2D eigenvalue weighted by Gasteiger charge is 2.20. The van der Waals surface area contributed by atoms with Crippen LogP contribution in [0, 0.1) is 5.92 Å². The number of nitrogens with one attached hydrogen (secondary N) is 2. The Kier molecular flexibility index (Phi) is 8.42. The zero-order valence-electron chi connectivity index (χ0n) is 11.7. The number of halogens is 1. The van der Waals surface area contributed by atoms with Crippen LogP contribution in [0.2, 0.25) is 0 Å². The zero-order chi connectivity index (χ0) is 12.6. The maximum atomic E-state index is 11.4. The molecule has 19 heavy (non-hydrogen) atoms. The Balaban J connectivity index is 0.00000180. The highest BCUT2D eigenvalue weighted by molar-refractivity contribution is 5.85. The van der Waals surface area contributed by atoms with Crippen LogP contribution < -0.4 is 10.6 Å². The van der Waals surface area contributed by atoms with Gasteiger partial charge in [0.25, 0.3) is 0 Å². The molecule has 0 aromatic rings. The van der Waals surface area contributed by atoms with Gasteiger partial charge in [0.05, 0.1) is 12.6 Å². The first-order chi connectivity index (χ1) is 8.84. The van der Waals surface area contributed by atoms with Gasteiger partial charge >= 0.3 is 0 Å². The van der Waals surface area contributed by atoms with Crippen molar-refractivity contribution in [3.8, 4) is 0 Å². The highest BCUT2D eigenvalue weighted by Crippen LogP contribution is 2.27. The van der Waals surface area contributed by atoms with E-state index in [-0.39, 0.29) is 18.3 Å². The molecule has 1 amide bonds. The van der Waals surface area contributed by atoms with Crippen molar-refractivity contribution >= 4 is 18.3 Å². The summed E-state index contributed by atoms with van der Waals surface area (Å²) in [6.07, 6.45) is 9.13. The second-order valence-corrected chi connectivity index (χ2v) is 5.56.